The van der Waals surface area contributed by atoms with Crippen LogP contribution in [0, 0.1) is 5.92 Å². The van der Waals surface area contributed by atoms with Gasteiger partial charge in [-0.3, -0.25) is 0 Å². The van der Waals surface area contributed by atoms with Gasteiger partial charge in [0, 0.05) is 12.1 Å². The topological polar surface area (TPSA) is 30.5 Å². The molecule has 0 bridgehead atoms. The van der Waals surface area contributed by atoms with E-state index in [0.717, 1.165) is 50.0 Å². The molecule has 1 rings (SSSR count). The Kier molecular flexibility index (Phi) is 8.12. The first-order chi connectivity index (χ1) is 9.69. The molecule has 0 amide bonds. The van der Waals surface area contributed by atoms with Crippen LogP contribution >= 0.6 is 0 Å². The SMILES string of the molecule is CCCNCc1cccc(OC)c1OCCCC(C)C. The van der Waals surface area contributed by atoms with Crippen LogP contribution in [-0.2, 0) is 6.54 Å². The lowest BCUT2D eigenvalue weighted by molar-refractivity contribution is 0.276. The normalized spacial score (nSPS) is 10.8. The van der Waals surface area contributed by atoms with E-state index in [2.05, 4.69) is 32.2 Å². The van der Waals surface area contributed by atoms with Crippen LogP contribution in [0.2, 0.25) is 0 Å². The maximum Gasteiger partial charge on any atom is 0.165 e. The summed E-state index contributed by atoms with van der Waals surface area (Å²) >= 11 is 0. The predicted octanol–water partition coefficient (Wildman–Crippen LogP) is 4.01. The van der Waals surface area contributed by atoms with E-state index in [9.17, 15) is 0 Å². The van der Waals surface area contributed by atoms with Gasteiger partial charge >= 0.3 is 0 Å². The van der Waals surface area contributed by atoms with Crippen molar-refractivity contribution in [3.63, 3.8) is 0 Å². The fourth-order valence-electron chi connectivity index (χ4n) is 2.09. The first-order valence-electron chi connectivity index (χ1n) is 7.68. The molecule has 0 aliphatic heterocycles. The Morgan fingerprint density at radius 1 is 1.25 bits per heavy atom. The van der Waals surface area contributed by atoms with E-state index in [4.69, 9.17) is 9.47 Å². The molecule has 0 spiro atoms. The van der Waals surface area contributed by atoms with Crippen LogP contribution < -0.4 is 14.8 Å². The summed E-state index contributed by atoms with van der Waals surface area (Å²) in [6.07, 6.45) is 3.41. The van der Waals surface area contributed by atoms with Gasteiger partial charge in [0.2, 0.25) is 0 Å². The number of hydrogen-bond acceptors (Lipinski definition) is 3. The highest BCUT2D eigenvalue weighted by Gasteiger charge is 2.10. The quantitative estimate of drug-likeness (QED) is 0.656. The lowest BCUT2D eigenvalue weighted by atomic mass is 10.1. The van der Waals surface area contributed by atoms with Crippen molar-refractivity contribution in [2.75, 3.05) is 20.3 Å². The molecule has 1 aromatic rings. The number of hydrogen-bond donors (Lipinski definition) is 1. The molecule has 3 nitrogen and oxygen atoms in total. The Morgan fingerprint density at radius 3 is 2.70 bits per heavy atom. The highest BCUT2D eigenvalue weighted by Crippen LogP contribution is 2.31. The summed E-state index contributed by atoms with van der Waals surface area (Å²) in [5, 5.41) is 3.42. The van der Waals surface area contributed by atoms with Gasteiger partial charge in [0.05, 0.1) is 13.7 Å². The van der Waals surface area contributed by atoms with Gasteiger partial charge in [-0.25, -0.2) is 0 Å². The van der Waals surface area contributed by atoms with Crippen LogP contribution in [-0.4, -0.2) is 20.3 Å². The van der Waals surface area contributed by atoms with Crippen molar-refractivity contribution in [1.82, 2.24) is 5.32 Å². The zero-order chi connectivity index (χ0) is 14.8. The molecule has 1 N–H and O–H groups in total. The van der Waals surface area contributed by atoms with Gasteiger partial charge < -0.3 is 14.8 Å². The van der Waals surface area contributed by atoms with Gasteiger partial charge in [-0.1, -0.05) is 32.9 Å². The molecule has 0 saturated carbocycles. The van der Waals surface area contributed by atoms with Crippen molar-refractivity contribution >= 4 is 0 Å². The minimum absolute atomic E-state index is 0.724. The molecular weight excluding hydrogens is 250 g/mol. The van der Waals surface area contributed by atoms with Crippen molar-refractivity contribution in [1.29, 1.82) is 0 Å². The van der Waals surface area contributed by atoms with E-state index >= 15 is 0 Å². The number of rotatable bonds is 10. The first kappa shape index (κ1) is 16.8. The largest absolute Gasteiger partial charge is 0.493 e. The molecule has 20 heavy (non-hydrogen) atoms. The summed E-state index contributed by atoms with van der Waals surface area (Å²) in [7, 11) is 1.69. The molecule has 0 saturated heterocycles. The zero-order valence-corrected chi connectivity index (χ0v) is 13.4. The summed E-state index contributed by atoms with van der Waals surface area (Å²) < 4.78 is 11.4. The highest BCUT2D eigenvalue weighted by atomic mass is 16.5. The molecule has 0 radical (unpaired) electrons. The fraction of sp³-hybridized carbons (Fsp3) is 0.647. The van der Waals surface area contributed by atoms with Gasteiger partial charge in [-0.15, -0.1) is 0 Å². The van der Waals surface area contributed by atoms with Crippen molar-refractivity contribution in [3.05, 3.63) is 23.8 Å². The van der Waals surface area contributed by atoms with E-state index in [0.29, 0.717) is 0 Å². The maximum atomic E-state index is 5.98. The standard InChI is InChI=1S/C17H29NO2/c1-5-11-18-13-15-9-6-10-16(19-4)17(15)20-12-7-8-14(2)3/h6,9-10,14,18H,5,7-8,11-13H2,1-4H3. The summed E-state index contributed by atoms with van der Waals surface area (Å²) in [5.41, 5.74) is 1.17. The molecule has 0 heterocycles. The summed E-state index contributed by atoms with van der Waals surface area (Å²) in [6, 6.07) is 6.08. The third-order valence-corrected chi connectivity index (χ3v) is 3.19. The maximum absolute atomic E-state index is 5.98. The van der Waals surface area contributed by atoms with E-state index < -0.39 is 0 Å². The number of ether oxygens (including phenoxy) is 2. The first-order valence-corrected chi connectivity index (χ1v) is 7.68. The second kappa shape index (κ2) is 9.65. The molecule has 0 aliphatic rings. The monoisotopic (exact) mass is 279 g/mol. The van der Waals surface area contributed by atoms with E-state index in [1.54, 1.807) is 7.11 Å². The van der Waals surface area contributed by atoms with Crippen molar-refractivity contribution in [2.24, 2.45) is 5.92 Å². The van der Waals surface area contributed by atoms with Crippen LogP contribution in [0.4, 0.5) is 0 Å². The van der Waals surface area contributed by atoms with E-state index in [1.807, 2.05) is 12.1 Å². The Morgan fingerprint density at radius 2 is 2.05 bits per heavy atom. The van der Waals surface area contributed by atoms with E-state index in [-0.39, 0.29) is 0 Å². The van der Waals surface area contributed by atoms with Crippen LogP contribution in [0.15, 0.2) is 18.2 Å². The minimum atomic E-state index is 0.724. The van der Waals surface area contributed by atoms with Gasteiger partial charge in [-0.2, -0.15) is 0 Å². The molecular formula is C17H29NO2. The third kappa shape index (κ3) is 5.83. The number of benzene rings is 1. The summed E-state index contributed by atoms with van der Waals surface area (Å²) in [4.78, 5) is 0. The lowest BCUT2D eigenvalue weighted by Crippen LogP contribution is -2.15. The Bertz CT molecular complexity index is 377. The molecule has 0 aromatic heterocycles. The second-order valence-electron chi connectivity index (χ2n) is 5.51. The molecule has 0 aliphatic carbocycles. The predicted molar refractivity (Wildman–Crippen MR) is 84.6 cm³/mol. The summed E-state index contributed by atoms with van der Waals surface area (Å²) in [6.45, 7) is 9.24. The third-order valence-electron chi connectivity index (χ3n) is 3.19. The Labute approximate surface area is 123 Å². The van der Waals surface area contributed by atoms with Gasteiger partial charge in [0.1, 0.15) is 0 Å². The van der Waals surface area contributed by atoms with Crippen molar-refractivity contribution in [3.8, 4) is 11.5 Å². The highest BCUT2D eigenvalue weighted by molar-refractivity contribution is 5.46. The number of methoxy groups -OCH3 is 1. The van der Waals surface area contributed by atoms with Crippen molar-refractivity contribution < 1.29 is 9.47 Å². The average Bonchev–Trinajstić information content (AvgIpc) is 2.44. The molecule has 3 heteroatoms. The molecule has 0 fully saturated rings. The average molecular weight is 279 g/mol. The van der Waals surface area contributed by atoms with Gasteiger partial charge in [-0.05, 0) is 37.8 Å². The van der Waals surface area contributed by atoms with Crippen LogP contribution in [0.1, 0.15) is 45.6 Å². The fourth-order valence-corrected chi connectivity index (χ4v) is 2.09. The minimum Gasteiger partial charge on any atom is -0.493 e. The van der Waals surface area contributed by atoms with Crippen molar-refractivity contribution in [2.45, 2.75) is 46.6 Å². The Balaban J connectivity index is 2.63. The van der Waals surface area contributed by atoms with Crippen LogP contribution in [0.5, 0.6) is 11.5 Å². The Hall–Kier alpha value is -1.22. The van der Waals surface area contributed by atoms with Crippen LogP contribution in [0.3, 0.4) is 0 Å². The zero-order valence-electron chi connectivity index (χ0n) is 13.4. The molecule has 0 atom stereocenters. The molecule has 114 valence electrons. The lowest BCUT2D eigenvalue weighted by Gasteiger charge is -2.16. The smallest absolute Gasteiger partial charge is 0.165 e. The second-order valence-corrected chi connectivity index (χ2v) is 5.51. The van der Waals surface area contributed by atoms with Gasteiger partial charge in [0.25, 0.3) is 0 Å². The van der Waals surface area contributed by atoms with E-state index in [1.165, 1.54) is 12.0 Å². The van der Waals surface area contributed by atoms with Gasteiger partial charge in [0.15, 0.2) is 11.5 Å². The molecule has 1 aromatic carbocycles. The number of nitrogens with one attached hydrogen (secondary N) is 1. The van der Waals surface area contributed by atoms with Crippen LogP contribution in [0.25, 0.3) is 0 Å². The summed E-state index contributed by atoms with van der Waals surface area (Å²) in [5.74, 6) is 2.44. The number of para-hydroxylation sites is 1. The molecule has 0 unspecified atom stereocenters.